The number of benzene rings is 2. The molecule has 0 radical (unpaired) electrons. The van der Waals surface area contributed by atoms with Crippen molar-refractivity contribution in [3.05, 3.63) is 86.8 Å². The average molecular weight is 445 g/mol. The quantitative estimate of drug-likeness (QED) is 0.276. The molecule has 8 nitrogen and oxygen atoms in total. The molecule has 31 heavy (non-hydrogen) atoms. The summed E-state index contributed by atoms with van der Waals surface area (Å²) in [5.74, 6) is 0.356. The molecule has 10 heteroatoms. The van der Waals surface area contributed by atoms with Crippen LogP contribution >= 0.6 is 11.6 Å². The van der Waals surface area contributed by atoms with Crippen LogP contribution in [-0.2, 0) is 6.61 Å². The number of rotatable bonds is 9. The molecule has 0 aliphatic heterocycles. The SMILES string of the molecule is CCOc1cc(/C=N\Nc2ncccc2[N+](=O)[O-])cc(Cl)c1OCc1cccc(F)c1. The van der Waals surface area contributed by atoms with Crippen molar-refractivity contribution in [1.29, 1.82) is 0 Å². The molecule has 0 unspecified atom stereocenters. The third-order valence-corrected chi connectivity index (χ3v) is 4.25. The van der Waals surface area contributed by atoms with E-state index in [-0.39, 0.29) is 29.0 Å². The molecule has 0 amide bonds. The molecule has 0 aliphatic carbocycles. The fourth-order valence-corrected chi connectivity index (χ4v) is 2.92. The first-order valence-electron chi connectivity index (χ1n) is 9.20. The maximum absolute atomic E-state index is 13.4. The number of ether oxygens (including phenoxy) is 2. The average Bonchev–Trinajstić information content (AvgIpc) is 2.74. The molecular formula is C21H18ClFN4O4. The first-order chi connectivity index (χ1) is 15.0. The van der Waals surface area contributed by atoms with Crippen molar-refractivity contribution in [1.82, 2.24) is 4.98 Å². The number of halogens is 2. The van der Waals surface area contributed by atoms with Gasteiger partial charge in [-0.05, 0) is 48.4 Å². The van der Waals surface area contributed by atoms with Crippen molar-refractivity contribution in [2.75, 3.05) is 12.0 Å². The van der Waals surface area contributed by atoms with Gasteiger partial charge >= 0.3 is 5.69 Å². The fraction of sp³-hybridized carbons (Fsp3) is 0.143. The number of aromatic nitrogens is 1. The largest absolute Gasteiger partial charge is 0.490 e. The van der Waals surface area contributed by atoms with E-state index in [0.717, 1.165) is 0 Å². The Morgan fingerprint density at radius 2 is 2.10 bits per heavy atom. The van der Waals surface area contributed by atoms with E-state index in [2.05, 4.69) is 15.5 Å². The molecule has 0 fully saturated rings. The predicted molar refractivity (Wildman–Crippen MR) is 115 cm³/mol. The Morgan fingerprint density at radius 3 is 2.84 bits per heavy atom. The lowest BCUT2D eigenvalue weighted by atomic mass is 10.2. The highest BCUT2D eigenvalue weighted by atomic mass is 35.5. The number of nitrogens with zero attached hydrogens (tertiary/aromatic N) is 3. The van der Waals surface area contributed by atoms with Crippen molar-refractivity contribution < 1.29 is 18.8 Å². The number of nitro groups is 1. The summed E-state index contributed by atoms with van der Waals surface area (Å²) in [6.07, 6.45) is 2.84. The Balaban J connectivity index is 1.78. The molecule has 0 saturated heterocycles. The van der Waals surface area contributed by atoms with Gasteiger partial charge in [-0.25, -0.2) is 9.37 Å². The van der Waals surface area contributed by atoms with Crippen LogP contribution in [0.3, 0.4) is 0 Å². The Morgan fingerprint density at radius 1 is 1.26 bits per heavy atom. The summed E-state index contributed by atoms with van der Waals surface area (Å²) in [5, 5.41) is 15.3. The second kappa shape index (κ2) is 10.4. The minimum atomic E-state index is -0.556. The third kappa shape index (κ3) is 5.89. The smallest absolute Gasteiger partial charge is 0.313 e. The summed E-state index contributed by atoms with van der Waals surface area (Å²) in [6, 6.07) is 12.1. The number of anilines is 1. The number of hydrogen-bond acceptors (Lipinski definition) is 7. The maximum Gasteiger partial charge on any atom is 0.313 e. The molecule has 0 saturated carbocycles. The molecule has 0 atom stereocenters. The van der Waals surface area contributed by atoms with Gasteiger partial charge < -0.3 is 9.47 Å². The van der Waals surface area contributed by atoms with E-state index in [1.54, 1.807) is 24.3 Å². The van der Waals surface area contributed by atoms with Crippen molar-refractivity contribution in [3.8, 4) is 11.5 Å². The lowest BCUT2D eigenvalue weighted by Gasteiger charge is -2.14. The highest BCUT2D eigenvalue weighted by Crippen LogP contribution is 2.37. The van der Waals surface area contributed by atoms with Crippen molar-refractivity contribution >= 4 is 29.3 Å². The summed E-state index contributed by atoms with van der Waals surface area (Å²) < 4.78 is 24.7. The maximum atomic E-state index is 13.4. The number of nitrogens with one attached hydrogen (secondary N) is 1. The van der Waals surface area contributed by atoms with Crippen LogP contribution in [0.4, 0.5) is 15.9 Å². The molecule has 1 N–H and O–H groups in total. The topological polar surface area (TPSA) is 98.9 Å². The Bertz CT molecular complexity index is 1110. The van der Waals surface area contributed by atoms with Crippen molar-refractivity contribution in [2.24, 2.45) is 5.10 Å². The lowest BCUT2D eigenvalue weighted by molar-refractivity contribution is -0.384. The van der Waals surface area contributed by atoms with Gasteiger partial charge in [0.25, 0.3) is 0 Å². The Hall–Kier alpha value is -3.72. The minimum absolute atomic E-state index is 0.00919. The standard InChI is InChI=1S/C21H18ClFN4O4/c1-2-30-19-11-15(12-25-26-21-18(27(28)29)7-4-8-24-21)10-17(22)20(19)31-13-14-5-3-6-16(23)9-14/h3-12H,2,13H2,1H3,(H,24,26)/b25-12-. The van der Waals surface area contributed by atoms with Gasteiger partial charge in [-0.2, -0.15) is 5.10 Å². The molecule has 1 aromatic heterocycles. The van der Waals surface area contributed by atoms with Crippen LogP contribution in [0.2, 0.25) is 5.02 Å². The van der Waals surface area contributed by atoms with Gasteiger partial charge in [0.2, 0.25) is 5.82 Å². The van der Waals surface area contributed by atoms with Crippen molar-refractivity contribution in [3.63, 3.8) is 0 Å². The molecule has 2 aromatic carbocycles. The molecule has 1 heterocycles. The lowest BCUT2D eigenvalue weighted by Crippen LogP contribution is -2.02. The summed E-state index contributed by atoms with van der Waals surface area (Å²) >= 11 is 6.37. The monoisotopic (exact) mass is 444 g/mol. The van der Waals surface area contributed by atoms with Crippen LogP contribution in [0.25, 0.3) is 0 Å². The number of pyridine rings is 1. The molecule has 3 aromatic rings. The minimum Gasteiger partial charge on any atom is -0.490 e. The summed E-state index contributed by atoms with van der Waals surface area (Å²) in [5.41, 5.74) is 3.56. The van der Waals surface area contributed by atoms with Crippen LogP contribution in [-0.4, -0.2) is 22.7 Å². The fourth-order valence-electron chi connectivity index (χ4n) is 2.65. The van der Waals surface area contributed by atoms with Crippen LogP contribution < -0.4 is 14.9 Å². The normalized spacial score (nSPS) is 10.8. The van der Waals surface area contributed by atoms with Gasteiger partial charge in [-0.15, -0.1) is 0 Å². The van der Waals surface area contributed by atoms with Gasteiger partial charge in [-0.3, -0.25) is 15.5 Å². The molecular weight excluding hydrogens is 427 g/mol. The Labute approximate surface area is 182 Å². The summed E-state index contributed by atoms with van der Waals surface area (Å²) in [6.45, 7) is 2.29. The molecule has 0 bridgehead atoms. The van der Waals surface area contributed by atoms with E-state index >= 15 is 0 Å². The van der Waals surface area contributed by atoms with E-state index in [1.807, 2.05) is 6.92 Å². The third-order valence-electron chi connectivity index (χ3n) is 3.97. The highest BCUT2D eigenvalue weighted by molar-refractivity contribution is 6.32. The molecule has 0 spiro atoms. The van der Waals surface area contributed by atoms with Gasteiger partial charge in [0.1, 0.15) is 12.4 Å². The van der Waals surface area contributed by atoms with E-state index in [0.29, 0.717) is 29.2 Å². The molecule has 3 rings (SSSR count). The molecule has 160 valence electrons. The summed E-state index contributed by atoms with van der Waals surface area (Å²) in [4.78, 5) is 14.4. The zero-order valence-corrected chi connectivity index (χ0v) is 17.2. The van der Waals surface area contributed by atoms with Crippen LogP contribution in [0, 0.1) is 15.9 Å². The van der Waals surface area contributed by atoms with E-state index in [1.165, 1.54) is 36.7 Å². The van der Waals surface area contributed by atoms with Crippen LogP contribution in [0.1, 0.15) is 18.1 Å². The zero-order valence-electron chi connectivity index (χ0n) is 16.4. The first-order valence-corrected chi connectivity index (χ1v) is 9.57. The number of hydrazone groups is 1. The van der Waals surface area contributed by atoms with Gasteiger partial charge in [-0.1, -0.05) is 23.7 Å². The summed E-state index contributed by atoms with van der Waals surface area (Å²) in [7, 11) is 0. The van der Waals surface area contributed by atoms with E-state index < -0.39 is 4.92 Å². The second-order valence-corrected chi connectivity index (χ2v) is 6.59. The zero-order chi connectivity index (χ0) is 22.2. The highest BCUT2D eigenvalue weighted by Gasteiger charge is 2.14. The van der Waals surface area contributed by atoms with Crippen LogP contribution in [0.15, 0.2) is 59.8 Å². The van der Waals surface area contributed by atoms with Gasteiger partial charge in [0.05, 0.1) is 22.8 Å². The van der Waals surface area contributed by atoms with Gasteiger partial charge in [0.15, 0.2) is 11.5 Å². The molecule has 0 aliphatic rings. The van der Waals surface area contributed by atoms with Crippen LogP contribution in [0.5, 0.6) is 11.5 Å². The number of hydrogen-bond donors (Lipinski definition) is 1. The van der Waals surface area contributed by atoms with Crippen molar-refractivity contribution in [2.45, 2.75) is 13.5 Å². The first kappa shape index (κ1) is 22.0. The Kier molecular flexibility index (Phi) is 7.34. The van der Waals surface area contributed by atoms with Gasteiger partial charge in [0, 0.05) is 12.3 Å². The van der Waals surface area contributed by atoms with E-state index in [4.69, 9.17) is 21.1 Å². The second-order valence-electron chi connectivity index (χ2n) is 6.18. The van der Waals surface area contributed by atoms with E-state index in [9.17, 15) is 14.5 Å². The predicted octanol–water partition coefficient (Wildman–Crippen LogP) is 5.21.